The average Bonchev–Trinajstić information content (AvgIpc) is 3.54. The van der Waals surface area contributed by atoms with Gasteiger partial charge in [-0.2, -0.15) is 5.10 Å². The number of rotatable bonds is 8. The maximum absolute atomic E-state index is 12.3. The van der Waals surface area contributed by atoms with Crippen LogP contribution in [0.1, 0.15) is 42.3 Å². The molecule has 0 spiro atoms. The van der Waals surface area contributed by atoms with Gasteiger partial charge in [-0.25, -0.2) is 10.4 Å². The van der Waals surface area contributed by atoms with Crippen LogP contribution in [-0.4, -0.2) is 42.6 Å². The van der Waals surface area contributed by atoms with Gasteiger partial charge >= 0.3 is 0 Å². The Hall–Kier alpha value is -3.30. The second-order valence-corrected chi connectivity index (χ2v) is 9.33. The fraction of sp³-hybridized carbons (Fsp3) is 0.250. The summed E-state index contributed by atoms with van der Waals surface area (Å²) in [5.74, 6) is 1.69. The second-order valence-electron chi connectivity index (χ2n) is 7.95. The van der Waals surface area contributed by atoms with Gasteiger partial charge in [-0.05, 0) is 49.1 Å². The molecule has 0 unspecified atom stereocenters. The predicted molar refractivity (Wildman–Crippen MR) is 133 cm³/mol. The first-order valence-corrected chi connectivity index (χ1v) is 12.3. The van der Waals surface area contributed by atoms with Crippen LogP contribution in [0.4, 0.5) is 0 Å². The van der Waals surface area contributed by atoms with Crippen molar-refractivity contribution in [1.29, 1.82) is 0 Å². The summed E-state index contributed by atoms with van der Waals surface area (Å²) < 4.78 is 2.09. The van der Waals surface area contributed by atoms with Crippen molar-refractivity contribution >= 4 is 46.5 Å². The lowest BCUT2D eigenvalue weighted by atomic mass is 10.1. The Morgan fingerprint density at radius 3 is 2.76 bits per heavy atom. The molecular formula is C24H22ClN7OS. The summed E-state index contributed by atoms with van der Waals surface area (Å²) in [6, 6.07) is 15.6. The van der Waals surface area contributed by atoms with Gasteiger partial charge in [0.2, 0.25) is 0 Å². The van der Waals surface area contributed by atoms with Crippen molar-refractivity contribution in [2.75, 3.05) is 5.75 Å². The summed E-state index contributed by atoms with van der Waals surface area (Å²) in [5.41, 5.74) is 5.96. The zero-order chi connectivity index (χ0) is 23.5. The van der Waals surface area contributed by atoms with Crippen LogP contribution >= 0.6 is 23.4 Å². The molecule has 10 heteroatoms. The number of halogens is 1. The van der Waals surface area contributed by atoms with E-state index in [9.17, 15) is 4.79 Å². The summed E-state index contributed by atoms with van der Waals surface area (Å²) in [4.78, 5) is 21.1. The van der Waals surface area contributed by atoms with E-state index in [-0.39, 0.29) is 11.7 Å². The van der Waals surface area contributed by atoms with E-state index in [1.54, 1.807) is 6.20 Å². The Morgan fingerprint density at radius 1 is 1.18 bits per heavy atom. The molecule has 1 N–H and O–H groups in total. The molecule has 5 rings (SSSR count). The molecule has 1 aliphatic carbocycles. The van der Waals surface area contributed by atoms with Crippen molar-refractivity contribution in [3.05, 3.63) is 76.8 Å². The van der Waals surface area contributed by atoms with Crippen LogP contribution in [-0.2, 0) is 11.3 Å². The van der Waals surface area contributed by atoms with Gasteiger partial charge in [0.25, 0.3) is 5.91 Å². The molecular weight excluding hydrogens is 470 g/mol. The molecule has 0 saturated heterocycles. The molecule has 2 aromatic heterocycles. The molecule has 172 valence electrons. The zero-order valence-electron chi connectivity index (χ0n) is 18.4. The number of aromatic nitrogens is 5. The Morgan fingerprint density at radius 2 is 1.97 bits per heavy atom. The summed E-state index contributed by atoms with van der Waals surface area (Å²) in [5, 5.41) is 14.3. The van der Waals surface area contributed by atoms with Gasteiger partial charge in [-0.3, -0.25) is 9.78 Å². The largest absolute Gasteiger partial charge is 0.306 e. The summed E-state index contributed by atoms with van der Waals surface area (Å²) in [6.45, 7) is 2.81. The minimum absolute atomic E-state index is 0.185. The van der Waals surface area contributed by atoms with Gasteiger partial charge in [-0.15, -0.1) is 10.2 Å². The van der Waals surface area contributed by atoms with E-state index in [2.05, 4.69) is 54.3 Å². The Bertz CT molecular complexity index is 1360. The van der Waals surface area contributed by atoms with E-state index in [1.807, 2.05) is 36.4 Å². The molecule has 4 aromatic rings. The van der Waals surface area contributed by atoms with E-state index in [4.69, 9.17) is 11.6 Å². The van der Waals surface area contributed by atoms with Gasteiger partial charge in [0.1, 0.15) is 11.5 Å². The van der Waals surface area contributed by atoms with E-state index in [1.165, 1.54) is 23.5 Å². The molecule has 1 amide bonds. The van der Waals surface area contributed by atoms with Crippen LogP contribution < -0.4 is 5.43 Å². The minimum atomic E-state index is -0.229. The lowest BCUT2D eigenvalue weighted by Crippen LogP contribution is -2.20. The highest BCUT2D eigenvalue weighted by Crippen LogP contribution is 2.54. The monoisotopic (exact) mass is 491 g/mol. The second kappa shape index (κ2) is 9.90. The molecule has 1 fully saturated rings. The molecule has 0 bridgehead atoms. The fourth-order valence-corrected chi connectivity index (χ4v) is 4.83. The summed E-state index contributed by atoms with van der Waals surface area (Å²) in [7, 11) is 0. The Balaban J connectivity index is 1.16. The van der Waals surface area contributed by atoms with Crippen molar-refractivity contribution in [3.63, 3.8) is 0 Å². The maximum atomic E-state index is 12.3. The van der Waals surface area contributed by atoms with Crippen LogP contribution in [0, 0.1) is 0 Å². The number of benzene rings is 2. The first kappa shape index (κ1) is 22.5. The molecule has 2 heterocycles. The Labute approximate surface area is 205 Å². The van der Waals surface area contributed by atoms with Crippen molar-refractivity contribution < 1.29 is 4.79 Å². The van der Waals surface area contributed by atoms with Crippen LogP contribution in [0.2, 0.25) is 5.02 Å². The third-order valence-electron chi connectivity index (χ3n) is 5.67. The molecule has 0 aliphatic heterocycles. The van der Waals surface area contributed by atoms with Gasteiger partial charge < -0.3 is 4.57 Å². The number of hydrogen-bond acceptors (Lipinski definition) is 7. The topological polar surface area (TPSA) is 98.0 Å². The molecule has 2 atom stereocenters. The first-order chi connectivity index (χ1) is 16.6. The first-order valence-electron chi connectivity index (χ1n) is 11.0. The van der Waals surface area contributed by atoms with E-state index in [0.29, 0.717) is 17.5 Å². The van der Waals surface area contributed by atoms with E-state index >= 15 is 0 Å². The lowest BCUT2D eigenvalue weighted by Gasteiger charge is -2.07. The fourth-order valence-electron chi connectivity index (χ4n) is 3.90. The molecule has 1 saturated carbocycles. The van der Waals surface area contributed by atoms with Crippen molar-refractivity contribution in [2.24, 2.45) is 5.10 Å². The van der Waals surface area contributed by atoms with Gasteiger partial charge in [0.15, 0.2) is 5.16 Å². The number of nitrogens with zero attached hydrogens (tertiary/aromatic N) is 6. The molecule has 2 aromatic carbocycles. The maximum Gasteiger partial charge on any atom is 0.250 e. The third-order valence-corrected chi connectivity index (χ3v) is 6.89. The third kappa shape index (κ3) is 4.95. The number of fused-ring (bicyclic) bond motifs is 1. The number of carbonyl (C=O) groups is 1. The van der Waals surface area contributed by atoms with Crippen LogP contribution in [0.5, 0.6) is 0 Å². The SMILES string of the molecule is CCn1c(SCC(=O)N/N=C\c2cnc3ccccc3n2)nnc1[C@@H]1C[C@@H]1c1ccc(Cl)cc1. The van der Waals surface area contributed by atoms with Crippen molar-refractivity contribution in [3.8, 4) is 0 Å². The van der Waals surface area contributed by atoms with E-state index in [0.717, 1.165) is 40.0 Å². The molecule has 8 nitrogen and oxygen atoms in total. The highest BCUT2D eigenvalue weighted by molar-refractivity contribution is 7.99. The number of hydrogen-bond donors (Lipinski definition) is 1. The van der Waals surface area contributed by atoms with Crippen LogP contribution in [0.3, 0.4) is 0 Å². The summed E-state index contributed by atoms with van der Waals surface area (Å²) in [6.07, 6.45) is 4.14. The van der Waals surface area contributed by atoms with Gasteiger partial charge in [0.05, 0.1) is 29.2 Å². The number of carbonyl (C=O) groups excluding carboxylic acids is 1. The molecule has 34 heavy (non-hydrogen) atoms. The highest BCUT2D eigenvalue weighted by atomic mass is 35.5. The van der Waals surface area contributed by atoms with Gasteiger partial charge in [0, 0.05) is 17.5 Å². The quantitative estimate of drug-likeness (QED) is 0.223. The number of thioether (sulfide) groups is 1. The molecule has 1 aliphatic rings. The van der Waals surface area contributed by atoms with Crippen molar-refractivity contribution in [2.45, 2.75) is 36.9 Å². The number of hydrazone groups is 1. The zero-order valence-corrected chi connectivity index (χ0v) is 20.0. The summed E-state index contributed by atoms with van der Waals surface area (Å²) >= 11 is 7.36. The number of para-hydroxylation sites is 2. The smallest absolute Gasteiger partial charge is 0.250 e. The highest BCUT2D eigenvalue weighted by Gasteiger charge is 2.43. The normalized spacial score (nSPS) is 17.4. The van der Waals surface area contributed by atoms with Crippen LogP contribution in [0.15, 0.2) is 65.0 Å². The van der Waals surface area contributed by atoms with Gasteiger partial charge in [-0.1, -0.05) is 47.6 Å². The minimum Gasteiger partial charge on any atom is -0.306 e. The lowest BCUT2D eigenvalue weighted by molar-refractivity contribution is -0.118. The number of amides is 1. The molecule has 0 radical (unpaired) electrons. The van der Waals surface area contributed by atoms with E-state index < -0.39 is 0 Å². The standard InChI is InChI=1S/C24H22ClN7OS/c1-2-32-23(19-11-18(19)15-7-9-16(25)10-8-15)30-31-24(32)34-14-22(33)29-27-13-17-12-26-20-5-3-4-6-21(20)28-17/h3-10,12-13,18-19H,2,11,14H2,1H3,(H,29,33)/b27-13-/t18-,19-/m1/s1. The van der Waals surface area contributed by atoms with Crippen LogP contribution in [0.25, 0.3) is 11.0 Å². The Kier molecular flexibility index (Phi) is 6.55. The average molecular weight is 492 g/mol. The number of nitrogens with one attached hydrogen (secondary N) is 1. The van der Waals surface area contributed by atoms with Crippen molar-refractivity contribution in [1.82, 2.24) is 30.2 Å². The predicted octanol–water partition coefficient (Wildman–Crippen LogP) is 4.41.